The van der Waals surface area contributed by atoms with Crippen molar-refractivity contribution in [1.82, 2.24) is 5.48 Å². The number of anilines is 2. The summed E-state index contributed by atoms with van der Waals surface area (Å²) in [7, 11) is 0. The molecule has 2 unspecified atom stereocenters. The molecule has 7 nitrogen and oxygen atoms in total. The van der Waals surface area contributed by atoms with E-state index >= 15 is 0 Å². The summed E-state index contributed by atoms with van der Waals surface area (Å²) in [6.07, 6.45) is 1.39. The number of hydrogen-bond donors (Lipinski definition) is 3. The molecule has 4 rings (SSSR count). The number of benzene rings is 3. The van der Waals surface area contributed by atoms with Crippen LogP contribution in [0.2, 0.25) is 15.1 Å². The lowest BCUT2D eigenvalue weighted by atomic mass is 10.0. The molecular formula is C25H22Cl3N3O4S. The monoisotopic (exact) mass is 565 g/mol. The Kier molecular flexibility index (Phi) is 8.51. The van der Waals surface area contributed by atoms with Gasteiger partial charge in [-0.05, 0) is 53.6 Å². The molecule has 11 heteroatoms. The number of hydroxylamine groups is 1. The van der Waals surface area contributed by atoms with Gasteiger partial charge in [0.05, 0.1) is 32.9 Å². The number of amides is 3. The number of hydrogen-bond acceptors (Lipinski definition) is 5. The van der Waals surface area contributed by atoms with Gasteiger partial charge in [0.25, 0.3) is 5.91 Å². The summed E-state index contributed by atoms with van der Waals surface area (Å²) in [6.45, 7) is 2.06. The number of thioether (sulfide) groups is 1. The average molecular weight is 567 g/mol. The van der Waals surface area contributed by atoms with Gasteiger partial charge in [0.15, 0.2) is 0 Å². The van der Waals surface area contributed by atoms with Gasteiger partial charge in [-0.1, -0.05) is 66.0 Å². The van der Waals surface area contributed by atoms with Gasteiger partial charge < -0.3 is 15.5 Å². The van der Waals surface area contributed by atoms with Crippen molar-refractivity contribution in [3.63, 3.8) is 0 Å². The highest BCUT2D eigenvalue weighted by Gasteiger charge is 2.28. The number of urea groups is 1. The summed E-state index contributed by atoms with van der Waals surface area (Å²) in [5.41, 5.74) is 2.71. The second-order valence-electron chi connectivity index (χ2n) is 8.32. The van der Waals surface area contributed by atoms with E-state index in [1.807, 2.05) is 36.0 Å². The third-order valence-corrected chi connectivity index (χ3v) is 7.73. The van der Waals surface area contributed by atoms with Gasteiger partial charge in [-0.2, -0.15) is 17.2 Å². The molecule has 0 bridgehead atoms. The van der Waals surface area contributed by atoms with Gasteiger partial charge in [0.2, 0.25) is 0 Å². The Morgan fingerprint density at radius 1 is 0.972 bits per heavy atom. The number of nitrogens with one attached hydrogen (secondary N) is 3. The maximum absolute atomic E-state index is 13.0. The number of rotatable bonds is 4. The van der Waals surface area contributed by atoms with Gasteiger partial charge >= 0.3 is 12.0 Å². The second kappa shape index (κ2) is 11.6. The molecule has 3 amide bonds. The molecule has 3 aromatic rings. The lowest BCUT2D eigenvalue weighted by molar-refractivity contribution is -0.154. The van der Waals surface area contributed by atoms with Crippen LogP contribution in [0.4, 0.5) is 16.2 Å². The van der Waals surface area contributed by atoms with Crippen LogP contribution in [0, 0.1) is 5.92 Å². The van der Waals surface area contributed by atoms with Gasteiger partial charge in [-0.15, -0.1) is 0 Å². The van der Waals surface area contributed by atoms with E-state index in [9.17, 15) is 14.4 Å². The van der Waals surface area contributed by atoms with Crippen molar-refractivity contribution in [3.8, 4) is 0 Å². The topological polar surface area (TPSA) is 96.5 Å². The second-order valence-corrected chi connectivity index (χ2v) is 11.1. The normalized spacial score (nSPS) is 17.3. The Balaban J connectivity index is 1.53. The molecule has 2 atom stereocenters. The first-order valence-electron chi connectivity index (χ1n) is 11.1. The number of carbonyl (C=O) groups excluding carboxylic acids is 3. The van der Waals surface area contributed by atoms with E-state index in [2.05, 4.69) is 23.0 Å². The van der Waals surface area contributed by atoms with E-state index in [4.69, 9.17) is 39.6 Å². The summed E-state index contributed by atoms with van der Waals surface area (Å²) in [5, 5.41) is 7.76. The maximum Gasteiger partial charge on any atom is 0.335 e. The Hall–Kier alpha value is -2.65. The lowest BCUT2D eigenvalue weighted by Crippen LogP contribution is -2.33. The molecule has 3 aromatic carbocycles. The predicted molar refractivity (Wildman–Crippen MR) is 146 cm³/mol. The van der Waals surface area contributed by atoms with E-state index in [0.717, 1.165) is 16.5 Å². The molecule has 36 heavy (non-hydrogen) atoms. The summed E-state index contributed by atoms with van der Waals surface area (Å²) >= 11 is 20.1. The van der Waals surface area contributed by atoms with E-state index in [1.54, 1.807) is 12.1 Å². The van der Waals surface area contributed by atoms with E-state index in [1.165, 1.54) is 12.1 Å². The van der Waals surface area contributed by atoms with Crippen LogP contribution >= 0.6 is 46.6 Å². The fourth-order valence-electron chi connectivity index (χ4n) is 3.91. The van der Waals surface area contributed by atoms with Crippen LogP contribution in [0.3, 0.4) is 0 Å². The van der Waals surface area contributed by atoms with Crippen LogP contribution < -0.4 is 16.1 Å². The van der Waals surface area contributed by atoms with Crippen molar-refractivity contribution >= 4 is 86.6 Å². The molecule has 0 radical (unpaired) electrons. The molecule has 3 N–H and O–H groups in total. The Morgan fingerprint density at radius 3 is 2.31 bits per heavy atom. The highest BCUT2D eigenvalue weighted by Crippen LogP contribution is 2.34. The van der Waals surface area contributed by atoms with Crippen molar-refractivity contribution in [2.24, 2.45) is 5.92 Å². The first kappa shape index (κ1) is 26.4. The first-order chi connectivity index (χ1) is 17.2. The van der Waals surface area contributed by atoms with Gasteiger partial charge in [-0.3, -0.25) is 4.79 Å². The zero-order chi connectivity index (χ0) is 25.8. The molecule has 1 aliphatic heterocycles. The van der Waals surface area contributed by atoms with Gasteiger partial charge in [0, 0.05) is 10.3 Å². The smallest absolute Gasteiger partial charge is 0.335 e. The van der Waals surface area contributed by atoms with Crippen LogP contribution in [0.1, 0.15) is 30.1 Å². The number of halogens is 3. The summed E-state index contributed by atoms with van der Waals surface area (Å²) in [6, 6.07) is 12.8. The van der Waals surface area contributed by atoms with Gasteiger partial charge in [0.1, 0.15) is 0 Å². The Labute approximate surface area is 227 Å². The zero-order valence-corrected chi connectivity index (χ0v) is 22.2. The molecular weight excluding hydrogens is 545 g/mol. The zero-order valence-electron chi connectivity index (χ0n) is 19.1. The molecule has 1 saturated heterocycles. The molecule has 1 heterocycles. The number of fused-ring (bicyclic) bond motifs is 1. The van der Waals surface area contributed by atoms with Crippen molar-refractivity contribution in [2.45, 2.75) is 25.0 Å². The Morgan fingerprint density at radius 2 is 1.64 bits per heavy atom. The van der Waals surface area contributed by atoms with E-state index < -0.39 is 17.9 Å². The number of carbonyl (C=O) groups is 3. The maximum atomic E-state index is 13.0. The summed E-state index contributed by atoms with van der Waals surface area (Å²) < 4.78 is 0. The van der Waals surface area contributed by atoms with Crippen molar-refractivity contribution in [1.29, 1.82) is 0 Å². The molecule has 0 aromatic heterocycles. The quantitative estimate of drug-likeness (QED) is 0.291. The molecule has 0 saturated carbocycles. The molecule has 1 fully saturated rings. The summed E-state index contributed by atoms with van der Waals surface area (Å²) in [4.78, 5) is 43.4. The highest BCUT2D eigenvalue weighted by molar-refractivity contribution is 7.99. The summed E-state index contributed by atoms with van der Waals surface area (Å²) in [5.74, 6) is -0.555. The molecule has 1 aliphatic rings. The van der Waals surface area contributed by atoms with E-state index in [0.29, 0.717) is 23.1 Å². The van der Waals surface area contributed by atoms with E-state index in [-0.39, 0.29) is 32.9 Å². The largest absolute Gasteiger partial charge is 0.340 e. The molecule has 188 valence electrons. The van der Waals surface area contributed by atoms with Crippen LogP contribution in [-0.4, -0.2) is 28.9 Å². The average Bonchev–Trinajstić information content (AvgIpc) is 2.84. The van der Waals surface area contributed by atoms with Crippen LogP contribution in [0.15, 0.2) is 48.5 Å². The van der Waals surface area contributed by atoms with Crippen LogP contribution in [-0.2, 0) is 9.63 Å². The fourth-order valence-corrected chi connectivity index (χ4v) is 6.01. The third-order valence-electron chi connectivity index (χ3n) is 5.69. The molecule has 0 spiro atoms. The minimum atomic E-state index is -0.684. The van der Waals surface area contributed by atoms with Crippen molar-refractivity contribution < 1.29 is 19.2 Å². The van der Waals surface area contributed by atoms with Crippen LogP contribution in [0.5, 0.6) is 0 Å². The SMILES string of the molecule is CC1CC(C(=O)ONC(=O)c2cc3ccccc3cc2NC(=O)Nc2c(Cl)cc(Cl)cc2Cl)CCS1. The third kappa shape index (κ3) is 6.37. The predicted octanol–water partition coefficient (Wildman–Crippen LogP) is 7.16. The lowest BCUT2D eigenvalue weighted by Gasteiger charge is -2.24. The molecule has 0 aliphatic carbocycles. The van der Waals surface area contributed by atoms with Gasteiger partial charge in [-0.25, -0.2) is 9.59 Å². The Bertz CT molecular complexity index is 1310. The minimum absolute atomic E-state index is 0.109. The highest BCUT2D eigenvalue weighted by atomic mass is 35.5. The standard InChI is InChI=1S/C25H22Cl3N3O4S/c1-13-8-16(6-7-36-13)24(33)35-31-23(32)18-9-14-4-2-3-5-15(14)10-21(18)29-25(34)30-22-19(27)11-17(26)12-20(22)28/h2-5,9-13,16H,6-8H2,1H3,(H,31,32)(H2,29,30,34). The van der Waals surface area contributed by atoms with Crippen molar-refractivity contribution in [3.05, 3.63) is 69.2 Å². The van der Waals surface area contributed by atoms with Crippen LogP contribution in [0.25, 0.3) is 10.8 Å². The first-order valence-corrected chi connectivity index (χ1v) is 13.3. The minimum Gasteiger partial charge on any atom is -0.340 e. The fraction of sp³-hybridized carbons (Fsp3) is 0.240. The van der Waals surface area contributed by atoms with Crippen molar-refractivity contribution in [2.75, 3.05) is 16.4 Å².